The number of rotatable bonds is 16. The van der Waals surface area contributed by atoms with Crippen molar-refractivity contribution in [1.29, 1.82) is 0 Å². The number of phenols is 4. The largest absolute Gasteiger partial charge is 0.508 e. The molecule has 0 saturated carbocycles. The molecule has 5 rings (SSSR count). The Hall–Kier alpha value is -5.33. The van der Waals surface area contributed by atoms with Gasteiger partial charge in [0.15, 0.2) is 0 Å². The van der Waals surface area contributed by atoms with Crippen molar-refractivity contribution in [3.8, 4) is 23.0 Å². The first-order valence-electron chi connectivity index (χ1n) is 18.5. The zero-order valence-corrected chi connectivity index (χ0v) is 33.3. The standard InChI is InChI=1S/C15H29NO3.C13H10Cl2O2.C9H7NO.C7H6O3/c1-2-3-4-5-6-7-8-9-10-15(19)16(11-13-17)12-14-18;14-10-1-3-12(16)8(6-10)5-9-7-11(15)2-4-13(9)17;11-8-5-1-3-7-4-2-6-10-9(7)8;8-6-4-2-1-3-5(6)7(9)10/h2,17-18H,1,3-14H2;1-4,6-7,16-17H,5H2;1-6,11H;1-4,8H,(H,9,10). The van der Waals surface area contributed by atoms with Crippen molar-refractivity contribution in [2.45, 2.75) is 57.8 Å². The fraction of sp³-hybridized carbons (Fsp3) is 0.295. The van der Waals surface area contributed by atoms with E-state index in [0.29, 0.717) is 52.6 Å². The van der Waals surface area contributed by atoms with Crippen LogP contribution in [-0.2, 0) is 11.2 Å². The van der Waals surface area contributed by atoms with E-state index in [0.717, 1.165) is 24.6 Å². The molecule has 5 aromatic rings. The van der Waals surface area contributed by atoms with Crippen LogP contribution in [0.15, 0.2) is 110 Å². The molecule has 57 heavy (non-hydrogen) atoms. The third-order valence-electron chi connectivity index (χ3n) is 8.35. The second-order valence-corrected chi connectivity index (χ2v) is 13.5. The summed E-state index contributed by atoms with van der Waals surface area (Å²) in [6.07, 6.45) is 12.4. The Bertz CT molecular complexity index is 1920. The SMILES string of the molecule is C=CCCCCCCCCC(=O)N(CCO)CCO.O=C(O)c1ccccc1O.Oc1ccc(Cl)cc1Cc1cc(Cl)ccc1O.Oc1cccc2cccnc12. The summed E-state index contributed by atoms with van der Waals surface area (Å²) in [6, 6.07) is 24.5. The van der Waals surface area contributed by atoms with Crippen molar-refractivity contribution in [3.05, 3.63) is 137 Å². The average molecular weight is 824 g/mol. The first kappa shape index (κ1) is 47.8. The highest BCUT2D eigenvalue weighted by Gasteiger charge is 2.12. The molecule has 306 valence electrons. The number of allylic oxidation sites excluding steroid dienone is 1. The van der Waals surface area contributed by atoms with Crippen LogP contribution in [0.3, 0.4) is 0 Å². The van der Waals surface area contributed by atoms with E-state index in [-0.39, 0.29) is 47.7 Å². The van der Waals surface area contributed by atoms with Gasteiger partial charge in [-0.2, -0.15) is 0 Å². The zero-order valence-electron chi connectivity index (χ0n) is 31.8. The number of carbonyl (C=O) groups excluding carboxylic acids is 1. The van der Waals surface area contributed by atoms with Crippen molar-refractivity contribution in [1.82, 2.24) is 9.88 Å². The number of nitrogens with zero attached hydrogens (tertiary/aromatic N) is 2. The quantitative estimate of drug-likeness (QED) is 0.0373. The van der Waals surface area contributed by atoms with Gasteiger partial charge in [-0.1, -0.05) is 85.3 Å². The summed E-state index contributed by atoms with van der Waals surface area (Å²) >= 11 is 11.7. The van der Waals surface area contributed by atoms with Crippen molar-refractivity contribution in [2.24, 2.45) is 0 Å². The number of benzene rings is 4. The van der Waals surface area contributed by atoms with Crippen LogP contribution in [0.5, 0.6) is 23.0 Å². The Morgan fingerprint density at radius 3 is 1.74 bits per heavy atom. The molecule has 0 atom stereocenters. The number of carboxylic acid groups (broad SMARTS) is 1. The maximum Gasteiger partial charge on any atom is 0.339 e. The lowest BCUT2D eigenvalue weighted by atomic mass is 10.0. The number of fused-ring (bicyclic) bond motifs is 1. The Morgan fingerprint density at radius 1 is 0.667 bits per heavy atom. The highest BCUT2D eigenvalue weighted by Crippen LogP contribution is 2.29. The number of aromatic nitrogens is 1. The van der Waals surface area contributed by atoms with Crippen LogP contribution in [0.1, 0.15) is 72.9 Å². The van der Waals surface area contributed by atoms with Gasteiger partial charge in [-0.15, -0.1) is 6.58 Å². The Kier molecular flexibility index (Phi) is 22.9. The number of unbranched alkanes of at least 4 members (excludes halogenated alkanes) is 6. The first-order chi connectivity index (χ1) is 27.4. The van der Waals surface area contributed by atoms with Gasteiger partial charge >= 0.3 is 5.97 Å². The molecule has 11 nitrogen and oxygen atoms in total. The summed E-state index contributed by atoms with van der Waals surface area (Å²) in [5.41, 5.74) is 1.89. The van der Waals surface area contributed by atoms with Gasteiger partial charge in [0.2, 0.25) is 5.91 Å². The number of amides is 1. The van der Waals surface area contributed by atoms with Crippen molar-refractivity contribution in [2.75, 3.05) is 26.3 Å². The minimum atomic E-state index is -1.11. The number of halogens is 2. The van der Waals surface area contributed by atoms with Gasteiger partial charge in [0.1, 0.15) is 34.1 Å². The van der Waals surface area contributed by atoms with E-state index in [1.807, 2.05) is 24.3 Å². The van der Waals surface area contributed by atoms with Crippen molar-refractivity contribution >= 4 is 46.0 Å². The van der Waals surface area contributed by atoms with Crippen LogP contribution in [0.4, 0.5) is 0 Å². The Morgan fingerprint density at radius 2 is 1.21 bits per heavy atom. The number of para-hydroxylation sites is 2. The molecular formula is C44H52Cl2N2O9. The average Bonchev–Trinajstić information content (AvgIpc) is 3.19. The number of hydrogen-bond donors (Lipinski definition) is 7. The number of aromatic carboxylic acids is 1. The number of carbonyl (C=O) groups is 2. The van der Waals surface area contributed by atoms with Crippen LogP contribution in [0.25, 0.3) is 10.9 Å². The minimum Gasteiger partial charge on any atom is -0.508 e. The lowest BCUT2D eigenvalue weighted by molar-refractivity contribution is -0.132. The fourth-order valence-corrected chi connectivity index (χ4v) is 5.76. The second-order valence-electron chi connectivity index (χ2n) is 12.7. The predicted molar refractivity (Wildman–Crippen MR) is 225 cm³/mol. The van der Waals surface area contributed by atoms with Gasteiger partial charge in [-0.3, -0.25) is 9.78 Å². The molecule has 0 bridgehead atoms. The van der Waals surface area contributed by atoms with E-state index >= 15 is 0 Å². The molecule has 0 aliphatic carbocycles. The van der Waals surface area contributed by atoms with Crippen LogP contribution in [0, 0.1) is 0 Å². The fourth-order valence-electron chi connectivity index (χ4n) is 5.37. The lowest BCUT2D eigenvalue weighted by Crippen LogP contribution is -2.35. The molecule has 1 amide bonds. The molecule has 7 N–H and O–H groups in total. The summed E-state index contributed by atoms with van der Waals surface area (Å²) in [6.45, 7) is 4.24. The molecular weight excluding hydrogens is 771 g/mol. The van der Waals surface area contributed by atoms with Crippen LogP contribution >= 0.6 is 23.2 Å². The van der Waals surface area contributed by atoms with Gasteiger partial charge in [0.05, 0.1) is 13.2 Å². The molecule has 0 fully saturated rings. The summed E-state index contributed by atoms with van der Waals surface area (Å²) < 4.78 is 0. The van der Waals surface area contributed by atoms with Gasteiger partial charge in [-0.25, -0.2) is 4.79 Å². The highest BCUT2D eigenvalue weighted by atomic mass is 35.5. The van der Waals surface area contributed by atoms with Crippen molar-refractivity contribution in [3.63, 3.8) is 0 Å². The van der Waals surface area contributed by atoms with Crippen molar-refractivity contribution < 1.29 is 45.3 Å². The highest BCUT2D eigenvalue weighted by molar-refractivity contribution is 6.31. The number of aromatic hydroxyl groups is 4. The third kappa shape index (κ3) is 18.4. The first-order valence-corrected chi connectivity index (χ1v) is 19.3. The van der Waals surface area contributed by atoms with Gasteiger partial charge in [0.25, 0.3) is 0 Å². The molecule has 0 aliphatic heterocycles. The number of phenolic OH excluding ortho intramolecular Hbond substituents is 3. The smallest absolute Gasteiger partial charge is 0.339 e. The maximum absolute atomic E-state index is 11.8. The normalized spacial score (nSPS) is 10.2. The summed E-state index contributed by atoms with van der Waals surface area (Å²) in [5.74, 6) is -0.742. The van der Waals surface area contributed by atoms with E-state index in [2.05, 4.69) is 11.6 Å². The Labute approximate surface area is 343 Å². The summed E-state index contributed by atoms with van der Waals surface area (Å²) in [5, 5.41) is 65.7. The number of pyridine rings is 1. The molecule has 0 saturated heterocycles. The van der Waals surface area contributed by atoms with Gasteiger partial charge in [0, 0.05) is 47.6 Å². The Balaban J connectivity index is 0.000000270. The molecule has 0 aliphatic rings. The number of carboxylic acids is 1. The maximum atomic E-state index is 11.8. The van der Waals surface area contributed by atoms with Gasteiger partial charge < -0.3 is 40.6 Å². The van der Waals surface area contributed by atoms with E-state index in [1.165, 1.54) is 54.8 Å². The molecule has 0 radical (unpaired) electrons. The van der Waals surface area contributed by atoms with E-state index in [9.17, 15) is 24.9 Å². The van der Waals surface area contributed by atoms with E-state index in [1.54, 1.807) is 54.7 Å². The monoisotopic (exact) mass is 822 g/mol. The van der Waals surface area contributed by atoms with E-state index in [4.69, 9.17) is 43.6 Å². The molecule has 0 unspecified atom stereocenters. The summed E-state index contributed by atoms with van der Waals surface area (Å²) in [7, 11) is 0. The van der Waals surface area contributed by atoms with E-state index < -0.39 is 5.97 Å². The molecule has 13 heteroatoms. The number of aliphatic hydroxyl groups excluding tert-OH is 2. The predicted octanol–water partition coefficient (Wildman–Crippen LogP) is 9.13. The topological polar surface area (TPSA) is 192 Å². The zero-order chi connectivity index (χ0) is 42.0. The number of aliphatic hydroxyl groups is 2. The second kappa shape index (κ2) is 27.3. The molecule has 0 spiro atoms. The van der Waals surface area contributed by atoms with Crippen LogP contribution in [-0.4, -0.2) is 83.8 Å². The van der Waals surface area contributed by atoms with Gasteiger partial charge in [-0.05, 0) is 91.1 Å². The molecule has 4 aromatic carbocycles. The molecule has 1 aromatic heterocycles. The van der Waals surface area contributed by atoms with Crippen LogP contribution < -0.4 is 0 Å². The van der Waals surface area contributed by atoms with Crippen LogP contribution in [0.2, 0.25) is 10.0 Å². The molecule has 1 heterocycles. The lowest BCUT2D eigenvalue weighted by Gasteiger charge is -2.20. The summed E-state index contributed by atoms with van der Waals surface area (Å²) in [4.78, 5) is 27.6. The number of hydrogen-bond acceptors (Lipinski definition) is 9. The minimum absolute atomic E-state index is 0.0368. The third-order valence-corrected chi connectivity index (χ3v) is 8.82.